The maximum atomic E-state index is 12.7. The summed E-state index contributed by atoms with van der Waals surface area (Å²) in [7, 11) is -3.44. The fourth-order valence-corrected chi connectivity index (χ4v) is 4.37. The molecule has 1 fully saturated rings. The molecule has 10 heteroatoms. The Balaban J connectivity index is 1.33. The van der Waals surface area contributed by atoms with E-state index in [-0.39, 0.29) is 11.8 Å². The SMILES string of the molecule is CS(=O)(=O)Nc1ccn(C(=O)N2CCN(Cc3ccc(-c4ccccc4)cc3Cl)CC2)n1. The van der Waals surface area contributed by atoms with E-state index in [1.165, 1.54) is 12.3 Å². The number of amides is 1. The lowest BCUT2D eigenvalue weighted by atomic mass is 10.0. The van der Waals surface area contributed by atoms with E-state index in [9.17, 15) is 13.2 Å². The van der Waals surface area contributed by atoms with Crippen molar-refractivity contribution in [3.8, 4) is 11.1 Å². The molecule has 8 nitrogen and oxygen atoms in total. The van der Waals surface area contributed by atoms with E-state index in [1.807, 2.05) is 24.3 Å². The number of hydrogen-bond donors (Lipinski definition) is 1. The molecule has 0 aliphatic carbocycles. The van der Waals surface area contributed by atoms with Gasteiger partial charge in [0.05, 0.1) is 6.26 Å². The van der Waals surface area contributed by atoms with E-state index in [0.717, 1.165) is 32.7 Å². The zero-order valence-corrected chi connectivity index (χ0v) is 19.2. The molecule has 4 rings (SSSR count). The predicted octanol–water partition coefficient (Wildman–Crippen LogP) is 3.36. The lowest BCUT2D eigenvalue weighted by molar-refractivity contribution is 0.134. The maximum Gasteiger partial charge on any atom is 0.344 e. The van der Waals surface area contributed by atoms with Crippen LogP contribution in [0.1, 0.15) is 5.56 Å². The number of sulfonamides is 1. The van der Waals surface area contributed by atoms with Crippen molar-refractivity contribution in [1.29, 1.82) is 0 Å². The average molecular weight is 474 g/mol. The van der Waals surface area contributed by atoms with E-state index < -0.39 is 10.0 Å². The second-order valence-corrected chi connectivity index (χ2v) is 9.89. The molecule has 0 unspecified atom stereocenters. The van der Waals surface area contributed by atoms with Crippen LogP contribution >= 0.6 is 11.6 Å². The molecule has 0 atom stereocenters. The molecule has 168 valence electrons. The largest absolute Gasteiger partial charge is 0.344 e. The Morgan fingerprint density at radius 3 is 2.41 bits per heavy atom. The van der Waals surface area contributed by atoms with Crippen LogP contribution in [0.4, 0.5) is 10.6 Å². The van der Waals surface area contributed by atoms with Gasteiger partial charge in [-0.3, -0.25) is 9.62 Å². The number of benzene rings is 2. The first kappa shape index (κ1) is 22.3. The number of nitrogens with one attached hydrogen (secondary N) is 1. The van der Waals surface area contributed by atoms with Gasteiger partial charge in [0.1, 0.15) is 0 Å². The van der Waals surface area contributed by atoms with Crippen molar-refractivity contribution in [2.24, 2.45) is 0 Å². The minimum Gasteiger partial charge on any atom is -0.320 e. The molecule has 1 aromatic heterocycles. The summed E-state index contributed by atoms with van der Waals surface area (Å²) in [4.78, 5) is 16.6. The summed E-state index contributed by atoms with van der Waals surface area (Å²) >= 11 is 6.55. The Morgan fingerprint density at radius 1 is 1.03 bits per heavy atom. The molecule has 1 aliphatic rings. The number of piperazine rings is 1. The van der Waals surface area contributed by atoms with Crippen molar-refractivity contribution in [1.82, 2.24) is 19.6 Å². The van der Waals surface area contributed by atoms with Crippen molar-refractivity contribution < 1.29 is 13.2 Å². The number of carbonyl (C=O) groups is 1. The molecule has 1 N–H and O–H groups in total. The first-order valence-corrected chi connectivity index (χ1v) is 12.4. The normalized spacial score (nSPS) is 15.0. The number of rotatable bonds is 5. The van der Waals surface area contributed by atoms with Crippen LogP contribution in [-0.2, 0) is 16.6 Å². The number of aromatic nitrogens is 2. The van der Waals surface area contributed by atoms with E-state index in [4.69, 9.17) is 11.6 Å². The summed E-state index contributed by atoms with van der Waals surface area (Å²) in [5.74, 6) is 0.119. The van der Waals surface area contributed by atoms with Crippen LogP contribution in [0, 0.1) is 0 Å². The molecule has 1 amide bonds. The fraction of sp³-hybridized carbons (Fsp3) is 0.273. The molecule has 1 aliphatic heterocycles. The summed E-state index contributed by atoms with van der Waals surface area (Å²) < 4.78 is 26.0. The van der Waals surface area contributed by atoms with Crippen LogP contribution in [0.15, 0.2) is 60.8 Å². The molecule has 2 heterocycles. The first-order chi connectivity index (χ1) is 15.3. The third-order valence-corrected chi connectivity index (χ3v) is 6.20. The predicted molar refractivity (Wildman–Crippen MR) is 125 cm³/mol. The Kier molecular flexibility index (Phi) is 6.50. The minimum atomic E-state index is -3.44. The second-order valence-electron chi connectivity index (χ2n) is 7.74. The summed E-state index contributed by atoms with van der Waals surface area (Å²) in [5, 5.41) is 4.74. The van der Waals surface area contributed by atoms with Gasteiger partial charge in [-0.15, -0.1) is 5.10 Å². The summed E-state index contributed by atoms with van der Waals surface area (Å²) in [6.07, 6.45) is 2.49. The Bertz CT molecular complexity index is 1210. The molecule has 1 saturated heterocycles. The van der Waals surface area contributed by atoms with Gasteiger partial charge in [-0.25, -0.2) is 13.2 Å². The summed E-state index contributed by atoms with van der Waals surface area (Å²) in [6, 6.07) is 17.4. The summed E-state index contributed by atoms with van der Waals surface area (Å²) in [6.45, 7) is 3.22. The molecule has 0 spiro atoms. The number of halogens is 1. The molecule has 32 heavy (non-hydrogen) atoms. The van der Waals surface area contributed by atoms with Gasteiger partial charge in [0.25, 0.3) is 0 Å². The van der Waals surface area contributed by atoms with Gasteiger partial charge in [-0.05, 0) is 22.8 Å². The zero-order valence-electron chi connectivity index (χ0n) is 17.6. The fourth-order valence-electron chi connectivity index (χ4n) is 3.64. The third kappa shape index (κ3) is 5.48. The van der Waals surface area contributed by atoms with E-state index >= 15 is 0 Å². The highest BCUT2D eigenvalue weighted by Crippen LogP contribution is 2.26. The molecular formula is C22H24ClN5O3S. The highest BCUT2D eigenvalue weighted by Gasteiger charge is 2.23. The molecule has 0 bridgehead atoms. The third-order valence-electron chi connectivity index (χ3n) is 5.27. The monoisotopic (exact) mass is 473 g/mol. The highest BCUT2D eigenvalue weighted by molar-refractivity contribution is 7.92. The second kappa shape index (κ2) is 9.32. The van der Waals surface area contributed by atoms with E-state index in [1.54, 1.807) is 4.90 Å². The van der Waals surface area contributed by atoms with Crippen LogP contribution in [-0.4, -0.2) is 66.5 Å². The van der Waals surface area contributed by atoms with Gasteiger partial charge in [0.15, 0.2) is 5.82 Å². The molecule has 0 radical (unpaired) electrons. The van der Waals surface area contributed by atoms with Crippen LogP contribution in [0.2, 0.25) is 5.02 Å². The van der Waals surface area contributed by atoms with Crippen molar-refractivity contribution in [3.63, 3.8) is 0 Å². The van der Waals surface area contributed by atoms with Crippen molar-refractivity contribution in [2.75, 3.05) is 37.2 Å². The van der Waals surface area contributed by atoms with Crippen LogP contribution in [0.3, 0.4) is 0 Å². The van der Waals surface area contributed by atoms with Crippen LogP contribution < -0.4 is 4.72 Å². The Morgan fingerprint density at radius 2 is 1.75 bits per heavy atom. The molecule has 2 aromatic carbocycles. The van der Waals surface area contributed by atoms with E-state index in [0.29, 0.717) is 32.7 Å². The lowest BCUT2D eigenvalue weighted by Gasteiger charge is -2.34. The number of nitrogens with zero attached hydrogens (tertiary/aromatic N) is 4. The molecular weight excluding hydrogens is 450 g/mol. The van der Waals surface area contributed by atoms with Gasteiger partial charge < -0.3 is 4.90 Å². The van der Waals surface area contributed by atoms with Crippen LogP contribution in [0.5, 0.6) is 0 Å². The number of anilines is 1. The topological polar surface area (TPSA) is 87.5 Å². The van der Waals surface area contributed by atoms with E-state index in [2.05, 4.69) is 39.0 Å². The maximum absolute atomic E-state index is 12.7. The summed E-state index contributed by atoms with van der Waals surface area (Å²) in [5.41, 5.74) is 3.26. The van der Waals surface area contributed by atoms with Crippen molar-refractivity contribution >= 4 is 33.5 Å². The number of hydrogen-bond acceptors (Lipinski definition) is 5. The van der Waals surface area contributed by atoms with Crippen molar-refractivity contribution in [3.05, 3.63) is 71.4 Å². The quantitative estimate of drug-likeness (QED) is 0.614. The zero-order chi connectivity index (χ0) is 22.7. The average Bonchev–Trinajstić information content (AvgIpc) is 3.22. The van der Waals surface area contributed by atoms with Gasteiger partial charge in [0, 0.05) is 50.0 Å². The van der Waals surface area contributed by atoms with Gasteiger partial charge >= 0.3 is 6.03 Å². The minimum absolute atomic E-state index is 0.119. The highest BCUT2D eigenvalue weighted by atomic mass is 35.5. The standard InChI is InChI=1S/C22H24ClN5O3S/c1-32(30,31)25-21-9-10-28(24-21)22(29)27-13-11-26(12-14-27)16-19-8-7-18(15-20(19)23)17-5-3-2-4-6-17/h2-10,15H,11-14,16H2,1H3,(H,24,25). The Hall–Kier alpha value is -2.88. The molecule has 0 saturated carbocycles. The first-order valence-electron chi connectivity index (χ1n) is 10.2. The number of carbonyl (C=O) groups excluding carboxylic acids is 1. The van der Waals surface area contributed by atoms with Crippen molar-refractivity contribution in [2.45, 2.75) is 6.54 Å². The lowest BCUT2D eigenvalue weighted by Crippen LogP contribution is -2.49. The van der Waals surface area contributed by atoms with Crippen LogP contribution in [0.25, 0.3) is 11.1 Å². The molecule has 3 aromatic rings. The van der Waals surface area contributed by atoms with Gasteiger partial charge in [-0.1, -0.05) is 54.1 Å². The van der Waals surface area contributed by atoms with Gasteiger partial charge in [-0.2, -0.15) is 4.68 Å². The van der Waals surface area contributed by atoms with Gasteiger partial charge in [0.2, 0.25) is 10.0 Å². The smallest absolute Gasteiger partial charge is 0.320 e. The Labute approximate surface area is 192 Å².